The summed E-state index contributed by atoms with van der Waals surface area (Å²) in [5.41, 5.74) is 2.32. The number of aromatic nitrogens is 6. The quantitative estimate of drug-likeness (QED) is 0.593. The molecule has 0 aliphatic heterocycles. The van der Waals surface area contributed by atoms with Gasteiger partial charge in [-0.3, -0.25) is 9.48 Å². The van der Waals surface area contributed by atoms with Crippen molar-refractivity contribution in [2.45, 2.75) is 13.8 Å². The summed E-state index contributed by atoms with van der Waals surface area (Å²) in [4.78, 5) is 12.2. The van der Waals surface area contributed by atoms with Crippen molar-refractivity contribution in [1.82, 2.24) is 35.1 Å². The van der Waals surface area contributed by atoms with Gasteiger partial charge in [0.2, 0.25) is 5.88 Å². The van der Waals surface area contributed by atoms with Crippen LogP contribution >= 0.6 is 0 Å². The zero-order chi connectivity index (χ0) is 19.4. The summed E-state index contributed by atoms with van der Waals surface area (Å²) >= 11 is 0. The van der Waals surface area contributed by atoms with E-state index in [0.29, 0.717) is 36.2 Å². The SMILES string of the molecule is COc1nn(C)cc1C(=O)NCCNc1ccc(-n2nc(C)cc2C)nn1. The van der Waals surface area contributed by atoms with E-state index in [-0.39, 0.29) is 5.91 Å². The second-order valence-corrected chi connectivity index (χ2v) is 6.02. The van der Waals surface area contributed by atoms with Crippen molar-refractivity contribution in [3.8, 4) is 11.7 Å². The molecule has 3 aromatic rings. The molecular formula is C17H22N8O2. The molecule has 0 aliphatic carbocycles. The molecule has 10 nitrogen and oxygen atoms in total. The summed E-state index contributed by atoms with van der Waals surface area (Å²) in [7, 11) is 3.21. The van der Waals surface area contributed by atoms with E-state index in [2.05, 4.69) is 31.0 Å². The van der Waals surface area contributed by atoms with Gasteiger partial charge in [-0.1, -0.05) is 0 Å². The number of carbonyl (C=O) groups is 1. The van der Waals surface area contributed by atoms with Gasteiger partial charge in [-0.05, 0) is 32.0 Å². The Morgan fingerprint density at radius 2 is 2.00 bits per heavy atom. The number of hydrogen-bond donors (Lipinski definition) is 2. The number of aryl methyl sites for hydroxylation is 3. The van der Waals surface area contributed by atoms with Crippen molar-refractivity contribution >= 4 is 11.7 Å². The molecule has 0 unspecified atom stereocenters. The van der Waals surface area contributed by atoms with Crippen molar-refractivity contribution < 1.29 is 9.53 Å². The molecule has 0 radical (unpaired) electrons. The van der Waals surface area contributed by atoms with E-state index in [1.54, 1.807) is 17.9 Å². The second-order valence-electron chi connectivity index (χ2n) is 6.02. The lowest BCUT2D eigenvalue weighted by Gasteiger charge is -2.08. The minimum atomic E-state index is -0.243. The van der Waals surface area contributed by atoms with Gasteiger partial charge in [0.15, 0.2) is 5.82 Å². The first kappa shape index (κ1) is 18.4. The standard InChI is InChI=1S/C17H22N8O2/c1-11-9-12(2)25(22-11)15-6-5-14(20-21-15)18-7-8-19-16(26)13-10-24(3)23-17(13)27-4/h5-6,9-10H,7-8H2,1-4H3,(H,18,20)(H,19,26). The summed E-state index contributed by atoms with van der Waals surface area (Å²) in [6.07, 6.45) is 1.62. The van der Waals surface area contributed by atoms with Crippen molar-refractivity contribution in [1.29, 1.82) is 0 Å². The summed E-state index contributed by atoms with van der Waals surface area (Å²) in [5, 5.41) is 22.7. The molecule has 3 heterocycles. The lowest BCUT2D eigenvalue weighted by atomic mass is 10.3. The third-order valence-electron chi connectivity index (χ3n) is 3.83. The monoisotopic (exact) mass is 370 g/mol. The minimum Gasteiger partial charge on any atom is -0.479 e. The molecule has 0 atom stereocenters. The molecule has 0 fully saturated rings. The lowest BCUT2D eigenvalue weighted by Crippen LogP contribution is -2.29. The summed E-state index contributed by atoms with van der Waals surface area (Å²) in [6, 6.07) is 5.65. The smallest absolute Gasteiger partial charge is 0.258 e. The van der Waals surface area contributed by atoms with Crippen LogP contribution in [0.25, 0.3) is 5.82 Å². The Hall–Kier alpha value is -3.43. The number of ether oxygens (including phenoxy) is 1. The van der Waals surface area contributed by atoms with E-state index in [4.69, 9.17) is 4.74 Å². The van der Waals surface area contributed by atoms with Crippen LogP contribution < -0.4 is 15.4 Å². The molecule has 2 N–H and O–H groups in total. The lowest BCUT2D eigenvalue weighted by molar-refractivity contribution is 0.0952. The van der Waals surface area contributed by atoms with E-state index in [0.717, 1.165) is 11.4 Å². The summed E-state index contributed by atoms with van der Waals surface area (Å²) in [5.74, 6) is 1.33. The van der Waals surface area contributed by atoms with E-state index >= 15 is 0 Å². The minimum absolute atomic E-state index is 0.243. The fraction of sp³-hybridized carbons (Fsp3) is 0.353. The number of hydrogen-bond acceptors (Lipinski definition) is 7. The zero-order valence-corrected chi connectivity index (χ0v) is 15.7. The molecule has 3 rings (SSSR count). The molecule has 0 bridgehead atoms. The predicted molar refractivity (Wildman–Crippen MR) is 99.2 cm³/mol. The molecule has 27 heavy (non-hydrogen) atoms. The van der Waals surface area contributed by atoms with Crippen molar-refractivity contribution in [3.05, 3.63) is 41.3 Å². The topological polar surface area (TPSA) is 112 Å². The van der Waals surface area contributed by atoms with Crippen LogP contribution in [0.5, 0.6) is 5.88 Å². The Morgan fingerprint density at radius 3 is 2.63 bits per heavy atom. The highest BCUT2D eigenvalue weighted by Crippen LogP contribution is 2.14. The fourth-order valence-electron chi connectivity index (χ4n) is 2.63. The maximum absolute atomic E-state index is 12.2. The molecule has 142 valence electrons. The van der Waals surface area contributed by atoms with Crippen LogP contribution in [0, 0.1) is 13.8 Å². The van der Waals surface area contributed by atoms with Gasteiger partial charge < -0.3 is 15.4 Å². The highest BCUT2D eigenvalue weighted by Gasteiger charge is 2.15. The number of nitrogens with zero attached hydrogens (tertiary/aromatic N) is 6. The van der Waals surface area contributed by atoms with Gasteiger partial charge in [-0.15, -0.1) is 15.3 Å². The number of amides is 1. The number of carbonyl (C=O) groups excluding carboxylic acids is 1. The summed E-state index contributed by atoms with van der Waals surface area (Å²) < 4.78 is 8.36. The zero-order valence-electron chi connectivity index (χ0n) is 15.7. The first-order valence-corrected chi connectivity index (χ1v) is 8.45. The van der Waals surface area contributed by atoms with Crippen LogP contribution in [0.2, 0.25) is 0 Å². The largest absolute Gasteiger partial charge is 0.479 e. The fourth-order valence-corrected chi connectivity index (χ4v) is 2.63. The van der Waals surface area contributed by atoms with Crippen LogP contribution in [-0.2, 0) is 7.05 Å². The van der Waals surface area contributed by atoms with E-state index in [9.17, 15) is 4.79 Å². The van der Waals surface area contributed by atoms with Gasteiger partial charge in [0, 0.05) is 32.0 Å². The van der Waals surface area contributed by atoms with Gasteiger partial charge in [-0.2, -0.15) is 5.10 Å². The summed E-state index contributed by atoms with van der Waals surface area (Å²) in [6.45, 7) is 4.82. The maximum atomic E-state index is 12.2. The van der Waals surface area contributed by atoms with E-state index in [1.165, 1.54) is 11.8 Å². The second kappa shape index (κ2) is 7.85. The molecule has 3 aromatic heterocycles. The van der Waals surface area contributed by atoms with Crippen LogP contribution in [-0.4, -0.2) is 55.9 Å². The molecule has 0 aliphatic rings. The van der Waals surface area contributed by atoms with Gasteiger partial charge in [0.05, 0.1) is 12.8 Å². The average molecular weight is 370 g/mol. The molecule has 0 saturated heterocycles. The Morgan fingerprint density at radius 1 is 1.19 bits per heavy atom. The highest BCUT2D eigenvalue weighted by atomic mass is 16.5. The Kier molecular flexibility index (Phi) is 5.34. The van der Waals surface area contributed by atoms with Gasteiger partial charge in [0.25, 0.3) is 5.91 Å². The first-order chi connectivity index (χ1) is 13.0. The van der Waals surface area contributed by atoms with E-state index in [1.807, 2.05) is 32.0 Å². The van der Waals surface area contributed by atoms with Crippen molar-refractivity contribution in [2.24, 2.45) is 7.05 Å². The van der Waals surface area contributed by atoms with Crippen molar-refractivity contribution in [2.75, 3.05) is 25.5 Å². The number of rotatable bonds is 7. The van der Waals surface area contributed by atoms with Gasteiger partial charge in [-0.25, -0.2) is 4.68 Å². The first-order valence-electron chi connectivity index (χ1n) is 8.45. The molecule has 10 heteroatoms. The van der Waals surface area contributed by atoms with E-state index < -0.39 is 0 Å². The van der Waals surface area contributed by atoms with Gasteiger partial charge >= 0.3 is 0 Å². The Balaban J connectivity index is 1.50. The third-order valence-corrected chi connectivity index (χ3v) is 3.83. The number of methoxy groups -OCH3 is 1. The van der Waals surface area contributed by atoms with Crippen LogP contribution in [0.4, 0.5) is 5.82 Å². The molecule has 0 spiro atoms. The molecule has 0 saturated carbocycles. The third kappa shape index (κ3) is 4.22. The Bertz CT molecular complexity index is 929. The Labute approximate surface area is 156 Å². The van der Waals surface area contributed by atoms with Gasteiger partial charge in [0.1, 0.15) is 11.4 Å². The van der Waals surface area contributed by atoms with Crippen LogP contribution in [0.15, 0.2) is 24.4 Å². The average Bonchev–Trinajstić information content (AvgIpc) is 3.20. The molecular weight excluding hydrogens is 348 g/mol. The number of nitrogens with one attached hydrogen (secondary N) is 2. The normalized spacial score (nSPS) is 10.7. The predicted octanol–water partition coefficient (Wildman–Crippen LogP) is 0.863. The number of anilines is 1. The van der Waals surface area contributed by atoms with Crippen LogP contribution in [0.1, 0.15) is 21.7 Å². The highest BCUT2D eigenvalue weighted by molar-refractivity contribution is 5.96. The maximum Gasteiger partial charge on any atom is 0.258 e. The molecule has 0 aromatic carbocycles. The molecule has 1 amide bonds. The van der Waals surface area contributed by atoms with Crippen molar-refractivity contribution in [3.63, 3.8) is 0 Å². The van der Waals surface area contributed by atoms with Crippen LogP contribution in [0.3, 0.4) is 0 Å².